The molecule has 0 aliphatic rings. The monoisotopic (exact) mass is 526 g/mol. The topological polar surface area (TPSA) is 171 Å². The Morgan fingerprint density at radius 3 is 2.08 bits per heavy atom. The van der Waals surface area contributed by atoms with Gasteiger partial charge in [-0.2, -0.15) is 0 Å². The summed E-state index contributed by atoms with van der Waals surface area (Å²) in [6.45, 7) is 6.89. The van der Waals surface area contributed by atoms with Crippen molar-refractivity contribution in [2.24, 2.45) is 0 Å². The van der Waals surface area contributed by atoms with Crippen LogP contribution in [0.4, 0.5) is 22.1 Å². The van der Waals surface area contributed by atoms with Crippen molar-refractivity contribution in [3.63, 3.8) is 0 Å². The van der Waals surface area contributed by atoms with E-state index in [1.54, 1.807) is 13.0 Å². The Balaban J connectivity index is 2.01. The van der Waals surface area contributed by atoms with Crippen LogP contribution >= 0.6 is 11.3 Å². The summed E-state index contributed by atoms with van der Waals surface area (Å²) in [5.74, 6) is -2.26. The second-order valence-corrected chi connectivity index (χ2v) is 8.98. The molecule has 0 bridgehead atoms. The van der Waals surface area contributed by atoms with E-state index in [4.69, 9.17) is 4.74 Å². The number of carbonyl (C=O) groups is 3. The van der Waals surface area contributed by atoms with E-state index >= 15 is 0 Å². The maximum absolute atomic E-state index is 13.1. The van der Waals surface area contributed by atoms with Crippen LogP contribution in [0.1, 0.15) is 54.0 Å². The zero-order valence-electron chi connectivity index (χ0n) is 20.2. The van der Waals surface area contributed by atoms with Gasteiger partial charge in [0.1, 0.15) is 5.00 Å². The van der Waals surface area contributed by atoms with Gasteiger partial charge < -0.3 is 15.4 Å². The zero-order chi connectivity index (χ0) is 27.4. The van der Waals surface area contributed by atoms with Gasteiger partial charge in [0.25, 0.3) is 23.2 Å². The summed E-state index contributed by atoms with van der Waals surface area (Å²) in [7, 11) is 0. The number of aryl methyl sites for hydroxylation is 2. The summed E-state index contributed by atoms with van der Waals surface area (Å²) >= 11 is 0.808. The largest absolute Gasteiger partial charge is 0.462 e. The normalized spacial score (nSPS) is 10.5. The molecular weight excluding hydrogens is 504 g/mol. The van der Waals surface area contributed by atoms with Gasteiger partial charge in [0.2, 0.25) is 0 Å². The molecule has 0 fully saturated rings. The molecule has 0 radical (unpaired) electrons. The molecule has 0 unspecified atom stereocenters. The van der Waals surface area contributed by atoms with E-state index in [1.807, 2.05) is 26.0 Å². The molecule has 192 valence electrons. The Kier molecular flexibility index (Phi) is 7.98. The Labute approximate surface area is 214 Å². The van der Waals surface area contributed by atoms with Gasteiger partial charge >= 0.3 is 5.97 Å². The number of ether oxygens (including phenoxy) is 1. The Hall–Kier alpha value is -4.65. The average Bonchev–Trinajstić information content (AvgIpc) is 3.16. The SMILES string of the molecule is CCOC(=O)c1c(NC(=O)c2cc([N+](=O)[O-])cc([N+](=O)[O-])c2)sc(C(=O)Nc2ccc(C)cc2C)c1C. The Morgan fingerprint density at radius 2 is 1.54 bits per heavy atom. The number of amides is 2. The number of nitrogens with zero attached hydrogens (tertiary/aromatic N) is 2. The number of nitrogens with one attached hydrogen (secondary N) is 2. The summed E-state index contributed by atoms with van der Waals surface area (Å²) in [5.41, 5.74) is 0.921. The van der Waals surface area contributed by atoms with Crippen LogP contribution in [0, 0.1) is 41.0 Å². The number of non-ortho nitro benzene ring substituents is 2. The summed E-state index contributed by atoms with van der Waals surface area (Å²) in [6.07, 6.45) is 0. The minimum Gasteiger partial charge on any atom is -0.462 e. The van der Waals surface area contributed by atoms with Crippen LogP contribution in [0.2, 0.25) is 0 Å². The smallest absolute Gasteiger partial charge is 0.341 e. The minimum atomic E-state index is -0.945. The van der Waals surface area contributed by atoms with Gasteiger partial charge in [0.15, 0.2) is 0 Å². The van der Waals surface area contributed by atoms with Crippen LogP contribution in [-0.4, -0.2) is 34.2 Å². The van der Waals surface area contributed by atoms with Crippen molar-refractivity contribution in [2.45, 2.75) is 27.7 Å². The zero-order valence-corrected chi connectivity index (χ0v) is 21.1. The highest BCUT2D eigenvalue weighted by molar-refractivity contribution is 7.19. The minimum absolute atomic E-state index is 0.0304. The van der Waals surface area contributed by atoms with Crippen LogP contribution in [-0.2, 0) is 4.74 Å². The van der Waals surface area contributed by atoms with E-state index in [0.717, 1.165) is 40.7 Å². The maximum Gasteiger partial charge on any atom is 0.341 e. The number of nitro benzene ring substituents is 2. The van der Waals surface area contributed by atoms with Crippen molar-refractivity contribution in [1.29, 1.82) is 0 Å². The highest BCUT2D eigenvalue weighted by atomic mass is 32.1. The molecule has 0 spiro atoms. The van der Waals surface area contributed by atoms with Gasteiger partial charge in [-0.3, -0.25) is 29.8 Å². The molecule has 1 heterocycles. The first-order valence-corrected chi connectivity index (χ1v) is 11.7. The van der Waals surface area contributed by atoms with E-state index in [0.29, 0.717) is 5.69 Å². The molecule has 3 aromatic rings. The Bertz CT molecular complexity index is 1410. The lowest BCUT2D eigenvalue weighted by molar-refractivity contribution is -0.394. The number of hydrogen-bond donors (Lipinski definition) is 2. The van der Waals surface area contributed by atoms with Crippen molar-refractivity contribution >= 4 is 51.2 Å². The van der Waals surface area contributed by atoms with E-state index in [-0.39, 0.29) is 33.2 Å². The van der Waals surface area contributed by atoms with Crippen LogP contribution in [0.15, 0.2) is 36.4 Å². The number of thiophene rings is 1. The van der Waals surface area contributed by atoms with Gasteiger partial charge in [0.05, 0.1) is 38.5 Å². The molecular formula is C24H22N4O8S. The van der Waals surface area contributed by atoms with E-state index in [2.05, 4.69) is 10.6 Å². The number of benzene rings is 2. The highest BCUT2D eigenvalue weighted by Gasteiger charge is 2.28. The quantitative estimate of drug-likeness (QED) is 0.230. The molecule has 2 amide bonds. The number of carbonyl (C=O) groups excluding carboxylic acids is 3. The van der Waals surface area contributed by atoms with Gasteiger partial charge in [0, 0.05) is 17.8 Å². The Morgan fingerprint density at radius 1 is 0.919 bits per heavy atom. The molecule has 37 heavy (non-hydrogen) atoms. The fourth-order valence-corrected chi connectivity index (χ4v) is 4.60. The van der Waals surface area contributed by atoms with Crippen molar-refractivity contribution in [3.05, 3.63) is 89.3 Å². The number of rotatable bonds is 8. The molecule has 0 saturated carbocycles. The molecule has 3 rings (SSSR count). The molecule has 0 aliphatic carbocycles. The fraction of sp³-hybridized carbons (Fsp3) is 0.208. The summed E-state index contributed by atoms with van der Waals surface area (Å²) in [5, 5.41) is 27.6. The summed E-state index contributed by atoms with van der Waals surface area (Å²) in [4.78, 5) is 59.5. The molecule has 2 aromatic carbocycles. The lowest BCUT2D eigenvalue weighted by atomic mass is 10.1. The molecule has 13 heteroatoms. The number of nitro groups is 2. The van der Waals surface area contributed by atoms with E-state index in [1.165, 1.54) is 6.92 Å². The van der Waals surface area contributed by atoms with Gasteiger partial charge in [-0.25, -0.2) is 4.79 Å². The molecule has 2 N–H and O–H groups in total. The van der Waals surface area contributed by atoms with Crippen molar-refractivity contribution in [2.75, 3.05) is 17.2 Å². The molecule has 0 aliphatic heterocycles. The van der Waals surface area contributed by atoms with Crippen molar-refractivity contribution in [3.8, 4) is 0 Å². The van der Waals surface area contributed by atoms with E-state index in [9.17, 15) is 34.6 Å². The fourth-order valence-electron chi connectivity index (χ4n) is 3.51. The van der Waals surface area contributed by atoms with Gasteiger partial charge in [-0.05, 0) is 44.9 Å². The summed E-state index contributed by atoms with van der Waals surface area (Å²) in [6, 6.07) is 7.95. The van der Waals surface area contributed by atoms with Crippen LogP contribution in [0.5, 0.6) is 0 Å². The third kappa shape index (κ3) is 5.95. The third-order valence-electron chi connectivity index (χ3n) is 5.28. The first kappa shape index (κ1) is 26.9. The van der Waals surface area contributed by atoms with Gasteiger partial charge in [-0.1, -0.05) is 17.7 Å². The number of anilines is 2. The molecule has 0 saturated heterocycles. The van der Waals surface area contributed by atoms with Crippen LogP contribution < -0.4 is 10.6 Å². The first-order valence-electron chi connectivity index (χ1n) is 10.9. The van der Waals surface area contributed by atoms with Crippen LogP contribution in [0.3, 0.4) is 0 Å². The third-order valence-corrected chi connectivity index (χ3v) is 6.48. The van der Waals surface area contributed by atoms with E-state index < -0.39 is 39.0 Å². The predicted octanol–water partition coefficient (Wildman–Crippen LogP) is 5.17. The molecule has 12 nitrogen and oxygen atoms in total. The van der Waals surface area contributed by atoms with Crippen molar-refractivity contribution < 1.29 is 29.0 Å². The summed E-state index contributed by atoms with van der Waals surface area (Å²) < 4.78 is 5.09. The highest BCUT2D eigenvalue weighted by Crippen LogP contribution is 2.35. The lowest BCUT2D eigenvalue weighted by Gasteiger charge is -2.09. The first-order chi connectivity index (χ1) is 17.4. The van der Waals surface area contributed by atoms with Crippen molar-refractivity contribution in [1.82, 2.24) is 0 Å². The molecule has 0 atom stereocenters. The standard InChI is InChI=1S/C24H22N4O8S/c1-5-36-24(31)19-14(4)20(22(30)25-18-7-6-12(2)8-13(18)3)37-23(19)26-21(29)15-9-16(27(32)33)11-17(10-15)28(34)35/h6-11H,5H2,1-4H3,(H,25,30)(H,26,29). The number of esters is 1. The lowest BCUT2D eigenvalue weighted by Crippen LogP contribution is -2.15. The average molecular weight is 527 g/mol. The number of hydrogen-bond acceptors (Lipinski definition) is 9. The molecule has 1 aromatic heterocycles. The van der Waals surface area contributed by atoms with Crippen LogP contribution in [0.25, 0.3) is 0 Å². The maximum atomic E-state index is 13.1. The van der Waals surface area contributed by atoms with Gasteiger partial charge in [-0.15, -0.1) is 11.3 Å². The predicted molar refractivity (Wildman–Crippen MR) is 137 cm³/mol. The second-order valence-electron chi connectivity index (χ2n) is 7.96. The second kappa shape index (κ2) is 11.0.